The third-order valence-electron chi connectivity index (χ3n) is 4.97. The van der Waals surface area contributed by atoms with E-state index in [0.29, 0.717) is 10.7 Å². The van der Waals surface area contributed by atoms with Crippen LogP contribution >= 0.6 is 11.6 Å². The molecular formula is C21H23ClN4O. The van der Waals surface area contributed by atoms with Crippen molar-refractivity contribution in [3.05, 3.63) is 65.2 Å². The normalized spacial score (nSPS) is 17.7. The SMILES string of the molecule is CC(C(=O)Nc1cccc(Cl)c1)N1CCN(C(C#N)c2ccccc2)CC1. The lowest BCUT2D eigenvalue weighted by Gasteiger charge is -2.39. The summed E-state index contributed by atoms with van der Waals surface area (Å²) in [7, 11) is 0. The monoisotopic (exact) mass is 382 g/mol. The van der Waals surface area contributed by atoms with Gasteiger partial charge in [-0.3, -0.25) is 14.6 Å². The van der Waals surface area contributed by atoms with Gasteiger partial charge in [0, 0.05) is 36.9 Å². The molecular weight excluding hydrogens is 360 g/mol. The highest BCUT2D eigenvalue weighted by Crippen LogP contribution is 2.22. The molecule has 0 aromatic heterocycles. The maximum atomic E-state index is 12.6. The Morgan fingerprint density at radius 3 is 2.37 bits per heavy atom. The zero-order chi connectivity index (χ0) is 19.2. The molecule has 2 aromatic rings. The Bertz CT molecular complexity index is 812. The predicted octanol–water partition coefficient (Wildman–Crippen LogP) is 3.55. The summed E-state index contributed by atoms with van der Waals surface area (Å²) in [5, 5.41) is 13.1. The highest BCUT2D eigenvalue weighted by Gasteiger charge is 2.29. The standard InChI is InChI=1S/C21H23ClN4O/c1-16(21(27)24-19-9-5-8-18(22)14-19)25-10-12-26(13-11-25)20(15-23)17-6-3-2-4-7-17/h2-9,14,16,20H,10-13H2,1H3,(H,24,27). The number of halogens is 1. The summed E-state index contributed by atoms with van der Waals surface area (Å²) < 4.78 is 0. The molecule has 2 atom stereocenters. The number of anilines is 1. The quantitative estimate of drug-likeness (QED) is 0.859. The largest absolute Gasteiger partial charge is 0.325 e. The number of hydrogen-bond acceptors (Lipinski definition) is 4. The molecule has 0 bridgehead atoms. The van der Waals surface area contributed by atoms with Gasteiger partial charge in [-0.2, -0.15) is 5.26 Å². The van der Waals surface area contributed by atoms with Crippen LogP contribution in [0.2, 0.25) is 5.02 Å². The van der Waals surface area contributed by atoms with Gasteiger partial charge in [-0.1, -0.05) is 48.0 Å². The maximum Gasteiger partial charge on any atom is 0.241 e. The Morgan fingerprint density at radius 1 is 1.07 bits per heavy atom. The minimum atomic E-state index is -0.247. The average Bonchev–Trinajstić information content (AvgIpc) is 2.69. The van der Waals surface area contributed by atoms with Crippen LogP contribution < -0.4 is 5.32 Å². The van der Waals surface area contributed by atoms with Crippen molar-refractivity contribution in [3.63, 3.8) is 0 Å². The highest BCUT2D eigenvalue weighted by molar-refractivity contribution is 6.30. The van der Waals surface area contributed by atoms with Crippen molar-refractivity contribution >= 4 is 23.2 Å². The van der Waals surface area contributed by atoms with Crippen LogP contribution in [0.5, 0.6) is 0 Å². The molecule has 1 heterocycles. The number of piperazine rings is 1. The second kappa shape index (κ2) is 9.01. The van der Waals surface area contributed by atoms with Gasteiger partial charge in [0.1, 0.15) is 6.04 Å². The van der Waals surface area contributed by atoms with Crippen molar-refractivity contribution in [3.8, 4) is 6.07 Å². The number of rotatable bonds is 5. The van der Waals surface area contributed by atoms with E-state index >= 15 is 0 Å². The number of hydrogen-bond donors (Lipinski definition) is 1. The first-order valence-electron chi connectivity index (χ1n) is 9.07. The second-order valence-electron chi connectivity index (χ2n) is 6.69. The van der Waals surface area contributed by atoms with Gasteiger partial charge < -0.3 is 5.32 Å². The molecule has 0 spiro atoms. The second-order valence-corrected chi connectivity index (χ2v) is 7.13. The van der Waals surface area contributed by atoms with E-state index in [-0.39, 0.29) is 18.0 Å². The fourth-order valence-corrected chi connectivity index (χ4v) is 3.55. The number of nitrogens with one attached hydrogen (secondary N) is 1. The Morgan fingerprint density at radius 2 is 1.74 bits per heavy atom. The summed E-state index contributed by atoms with van der Waals surface area (Å²) >= 11 is 5.97. The number of nitrogens with zero attached hydrogens (tertiary/aromatic N) is 3. The first-order chi connectivity index (χ1) is 13.1. The van der Waals surface area contributed by atoms with Gasteiger partial charge in [0.2, 0.25) is 5.91 Å². The topological polar surface area (TPSA) is 59.4 Å². The number of amides is 1. The zero-order valence-electron chi connectivity index (χ0n) is 15.3. The summed E-state index contributed by atoms with van der Waals surface area (Å²) in [4.78, 5) is 16.9. The molecule has 6 heteroatoms. The fourth-order valence-electron chi connectivity index (χ4n) is 3.36. The van der Waals surface area contributed by atoms with Gasteiger partial charge in [0.25, 0.3) is 0 Å². The van der Waals surface area contributed by atoms with Gasteiger partial charge in [0.05, 0.1) is 12.1 Å². The van der Waals surface area contributed by atoms with Crippen molar-refractivity contribution in [2.45, 2.75) is 19.0 Å². The number of carbonyl (C=O) groups excluding carboxylic acids is 1. The molecule has 0 radical (unpaired) electrons. The molecule has 2 unspecified atom stereocenters. The third kappa shape index (κ3) is 4.86. The summed E-state index contributed by atoms with van der Waals surface area (Å²) in [6.07, 6.45) is 0. The van der Waals surface area contributed by atoms with Crippen LogP contribution in [0.4, 0.5) is 5.69 Å². The van der Waals surface area contributed by atoms with Gasteiger partial charge in [-0.05, 0) is 30.7 Å². The summed E-state index contributed by atoms with van der Waals surface area (Å²) in [5.74, 6) is -0.0504. The third-order valence-corrected chi connectivity index (χ3v) is 5.21. The number of nitriles is 1. The van der Waals surface area contributed by atoms with E-state index < -0.39 is 0 Å². The molecule has 2 aromatic carbocycles. The van der Waals surface area contributed by atoms with Crippen LogP contribution in [0, 0.1) is 11.3 Å². The minimum absolute atomic E-state index is 0.0504. The molecule has 5 nitrogen and oxygen atoms in total. The molecule has 1 aliphatic heterocycles. The molecule has 1 saturated heterocycles. The van der Waals surface area contributed by atoms with Crippen LogP contribution in [0.15, 0.2) is 54.6 Å². The molecule has 27 heavy (non-hydrogen) atoms. The van der Waals surface area contributed by atoms with Crippen molar-refractivity contribution in [2.75, 3.05) is 31.5 Å². The van der Waals surface area contributed by atoms with Crippen molar-refractivity contribution < 1.29 is 4.79 Å². The lowest BCUT2D eigenvalue weighted by Crippen LogP contribution is -2.53. The van der Waals surface area contributed by atoms with Gasteiger partial charge in [0.15, 0.2) is 0 Å². The molecule has 1 fully saturated rings. The molecule has 1 N–H and O–H groups in total. The molecule has 3 rings (SSSR count). The Labute approximate surface area is 165 Å². The molecule has 1 amide bonds. The van der Waals surface area contributed by atoms with Crippen molar-refractivity contribution in [1.82, 2.24) is 9.80 Å². The molecule has 0 saturated carbocycles. The maximum absolute atomic E-state index is 12.6. The van der Waals surface area contributed by atoms with Crippen molar-refractivity contribution in [2.24, 2.45) is 0 Å². The first kappa shape index (κ1) is 19.4. The zero-order valence-corrected chi connectivity index (χ0v) is 16.1. The first-order valence-corrected chi connectivity index (χ1v) is 9.45. The lowest BCUT2D eigenvalue weighted by atomic mass is 10.1. The van der Waals surface area contributed by atoms with Crippen LogP contribution in [-0.4, -0.2) is 47.9 Å². The van der Waals surface area contributed by atoms with E-state index in [0.717, 1.165) is 31.7 Å². The Hall–Kier alpha value is -2.39. The van der Waals surface area contributed by atoms with Gasteiger partial charge >= 0.3 is 0 Å². The van der Waals surface area contributed by atoms with E-state index in [2.05, 4.69) is 21.2 Å². The van der Waals surface area contributed by atoms with E-state index in [9.17, 15) is 10.1 Å². The van der Waals surface area contributed by atoms with Crippen LogP contribution in [0.1, 0.15) is 18.5 Å². The van der Waals surface area contributed by atoms with Crippen LogP contribution in [-0.2, 0) is 4.79 Å². The fraction of sp³-hybridized carbons (Fsp3) is 0.333. The Balaban J connectivity index is 1.56. The predicted molar refractivity (Wildman–Crippen MR) is 107 cm³/mol. The van der Waals surface area contributed by atoms with Gasteiger partial charge in [-0.25, -0.2) is 0 Å². The molecule has 0 aliphatic carbocycles. The van der Waals surface area contributed by atoms with E-state index in [1.54, 1.807) is 12.1 Å². The summed E-state index contributed by atoms with van der Waals surface area (Å²) in [5.41, 5.74) is 1.71. The smallest absolute Gasteiger partial charge is 0.241 e. The average molecular weight is 383 g/mol. The number of benzene rings is 2. The summed E-state index contributed by atoms with van der Waals surface area (Å²) in [6.45, 7) is 4.91. The lowest BCUT2D eigenvalue weighted by molar-refractivity contribution is -0.121. The highest BCUT2D eigenvalue weighted by atomic mass is 35.5. The van der Waals surface area contributed by atoms with E-state index in [1.165, 1.54) is 0 Å². The molecule has 140 valence electrons. The van der Waals surface area contributed by atoms with Crippen LogP contribution in [0.25, 0.3) is 0 Å². The number of carbonyl (C=O) groups is 1. The Kier molecular flexibility index (Phi) is 6.46. The van der Waals surface area contributed by atoms with E-state index in [1.807, 2.05) is 49.4 Å². The summed E-state index contributed by atoms with van der Waals surface area (Å²) in [6, 6.07) is 18.9. The van der Waals surface area contributed by atoms with Crippen LogP contribution in [0.3, 0.4) is 0 Å². The van der Waals surface area contributed by atoms with E-state index in [4.69, 9.17) is 11.6 Å². The van der Waals surface area contributed by atoms with Gasteiger partial charge in [-0.15, -0.1) is 0 Å². The van der Waals surface area contributed by atoms with Crippen molar-refractivity contribution in [1.29, 1.82) is 5.26 Å². The molecule has 1 aliphatic rings. The minimum Gasteiger partial charge on any atom is -0.325 e.